The molecule has 0 atom stereocenters. The van der Waals surface area contributed by atoms with Crippen molar-refractivity contribution in [3.63, 3.8) is 0 Å². The predicted octanol–water partition coefficient (Wildman–Crippen LogP) is 3.27. The van der Waals surface area contributed by atoms with E-state index in [1.807, 2.05) is 18.2 Å². The summed E-state index contributed by atoms with van der Waals surface area (Å²) in [5.41, 5.74) is 1.95. The third kappa shape index (κ3) is 4.84. The zero-order valence-corrected chi connectivity index (χ0v) is 13.8. The number of halogens is 1. The average molecular weight is 355 g/mol. The Labute approximate surface area is 132 Å². The lowest BCUT2D eigenvalue weighted by Crippen LogP contribution is -2.11. The molecule has 6 heteroatoms. The molecule has 2 rings (SSSR count). The topological polar surface area (TPSA) is 56.5 Å². The van der Waals surface area contributed by atoms with E-state index in [1.54, 1.807) is 7.11 Å². The van der Waals surface area contributed by atoms with Crippen LogP contribution in [-0.4, -0.2) is 18.8 Å². The highest BCUT2D eigenvalue weighted by Gasteiger charge is 2.07. The summed E-state index contributed by atoms with van der Waals surface area (Å²) in [7, 11) is 1.62. The Morgan fingerprint density at radius 1 is 1.29 bits per heavy atom. The molecule has 2 aromatic rings. The van der Waals surface area contributed by atoms with Crippen molar-refractivity contribution < 1.29 is 14.0 Å². The fourth-order valence-corrected chi connectivity index (χ4v) is 2.37. The van der Waals surface area contributed by atoms with Gasteiger partial charge in [-0.2, -0.15) is 0 Å². The molecule has 1 heterocycles. The van der Waals surface area contributed by atoms with Crippen LogP contribution in [0.2, 0.25) is 0 Å². The number of nitrogens with one attached hydrogen (secondary N) is 1. The summed E-state index contributed by atoms with van der Waals surface area (Å²) in [6, 6.07) is 7.88. The van der Waals surface area contributed by atoms with Gasteiger partial charge in [0, 0.05) is 19.7 Å². The Bertz CT molecular complexity index is 572. The lowest BCUT2D eigenvalue weighted by molar-refractivity contribution is 0.155. The summed E-state index contributed by atoms with van der Waals surface area (Å²) in [6.45, 7) is 4.65. The number of hydrogen-bond acceptors (Lipinski definition) is 5. The maximum atomic E-state index is 5.74. The summed E-state index contributed by atoms with van der Waals surface area (Å²) in [4.78, 5) is 0. The van der Waals surface area contributed by atoms with Crippen molar-refractivity contribution in [3.05, 3.63) is 45.8 Å². The molecule has 1 aromatic carbocycles. The maximum absolute atomic E-state index is 5.74. The zero-order chi connectivity index (χ0) is 15.1. The maximum Gasteiger partial charge on any atom is 0.162 e. The highest BCUT2D eigenvalue weighted by molar-refractivity contribution is 9.10. The molecule has 0 radical (unpaired) electrons. The number of benzene rings is 1. The van der Waals surface area contributed by atoms with Crippen molar-refractivity contribution in [1.82, 2.24) is 10.5 Å². The van der Waals surface area contributed by atoms with E-state index in [-0.39, 0.29) is 0 Å². The molecule has 1 N–H and O–H groups in total. The van der Waals surface area contributed by atoms with Crippen molar-refractivity contribution in [1.29, 1.82) is 0 Å². The van der Waals surface area contributed by atoms with Gasteiger partial charge in [0.1, 0.15) is 24.7 Å². The molecule has 5 nitrogen and oxygen atoms in total. The fraction of sp³-hybridized carbons (Fsp3) is 0.400. The van der Waals surface area contributed by atoms with Crippen LogP contribution in [0, 0.1) is 0 Å². The third-order valence-corrected chi connectivity index (χ3v) is 3.47. The van der Waals surface area contributed by atoms with Crippen LogP contribution in [-0.2, 0) is 24.5 Å². The number of ether oxygens (including phenoxy) is 2. The minimum Gasteiger partial charge on any atom is -0.486 e. The average Bonchev–Trinajstić information content (AvgIpc) is 2.92. The molecule has 0 saturated heterocycles. The second-order valence-electron chi connectivity index (χ2n) is 4.55. The second kappa shape index (κ2) is 8.17. The van der Waals surface area contributed by atoms with Gasteiger partial charge in [-0.1, -0.05) is 18.1 Å². The standard InChI is InChI=1S/C15H19BrN2O3/c1-3-17-8-11-4-5-15(14(16)6-11)20-9-12-7-13(10-19-2)21-18-12/h4-7,17H,3,8-10H2,1-2H3. The van der Waals surface area contributed by atoms with Gasteiger partial charge in [0.25, 0.3) is 0 Å². The Morgan fingerprint density at radius 3 is 2.86 bits per heavy atom. The van der Waals surface area contributed by atoms with Gasteiger partial charge in [-0.05, 0) is 40.2 Å². The quantitative estimate of drug-likeness (QED) is 0.788. The van der Waals surface area contributed by atoms with Crippen molar-refractivity contribution in [2.24, 2.45) is 0 Å². The van der Waals surface area contributed by atoms with E-state index in [0.29, 0.717) is 19.0 Å². The molecule has 0 bridgehead atoms. The van der Waals surface area contributed by atoms with Gasteiger partial charge in [0.15, 0.2) is 5.76 Å². The first kappa shape index (κ1) is 16.0. The molecule has 0 amide bonds. The minimum absolute atomic E-state index is 0.359. The SMILES string of the molecule is CCNCc1ccc(OCc2cc(COC)on2)c(Br)c1. The van der Waals surface area contributed by atoms with E-state index in [1.165, 1.54) is 5.56 Å². The Balaban J connectivity index is 1.92. The van der Waals surface area contributed by atoms with Crippen LogP contribution in [0.3, 0.4) is 0 Å². The molecule has 0 unspecified atom stereocenters. The van der Waals surface area contributed by atoms with Crippen molar-refractivity contribution in [2.75, 3.05) is 13.7 Å². The van der Waals surface area contributed by atoms with Crippen molar-refractivity contribution in [2.45, 2.75) is 26.7 Å². The number of methoxy groups -OCH3 is 1. The Hall–Kier alpha value is -1.37. The number of aromatic nitrogens is 1. The van der Waals surface area contributed by atoms with Gasteiger partial charge in [0.2, 0.25) is 0 Å². The summed E-state index contributed by atoms with van der Waals surface area (Å²) in [6.07, 6.45) is 0. The van der Waals surface area contributed by atoms with Crippen LogP contribution in [0.1, 0.15) is 23.9 Å². The predicted molar refractivity (Wildman–Crippen MR) is 83.1 cm³/mol. The number of rotatable bonds is 8. The second-order valence-corrected chi connectivity index (χ2v) is 5.41. The Morgan fingerprint density at radius 2 is 2.14 bits per heavy atom. The van der Waals surface area contributed by atoms with Gasteiger partial charge < -0.3 is 19.3 Å². The molecule has 0 spiro atoms. The smallest absolute Gasteiger partial charge is 0.162 e. The van der Waals surface area contributed by atoms with Crippen LogP contribution in [0.15, 0.2) is 33.3 Å². The number of nitrogens with zero attached hydrogens (tertiary/aromatic N) is 1. The van der Waals surface area contributed by atoms with E-state index in [9.17, 15) is 0 Å². The molecule has 0 saturated carbocycles. The van der Waals surface area contributed by atoms with Crippen LogP contribution in [0.5, 0.6) is 5.75 Å². The van der Waals surface area contributed by atoms with E-state index in [2.05, 4.69) is 39.4 Å². The largest absolute Gasteiger partial charge is 0.486 e. The first-order valence-electron chi connectivity index (χ1n) is 6.78. The normalized spacial score (nSPS) is 10.8. The van der Waals surface area contributed by atoms with Gasteiger partial charge >= 0.3 is 0 Å². The van der Waals surface area contributed by atoms with Crippen molar-refractivity contribution >= 4 is 15.9 Å². The molecule has 0 aliphatic heterocycles. The van der Waals surface area contributed by atoms with E-state index < -0.39 is 0 Å². The molecule has 0 aliphatic rings. The molecular formula is C15H19BrN2O3. The molecule has 21 heavy (non-hydrogen) atoms. The fourth-order valence-electron chi connectivity index (χ4n) is 1.83. The van der Waals surface area contributed by atoms with Crippen LogP contribution in [0.4, 0.5) is 0 Å². The van der Waals surface area contributed by atoms with E-state index in [0.717, 1.165) is 29.0 Å². The molecular weight excluding hydrogens is 336 g/mol. The number of hydrogen-bond donors (Lipinski definition) is 1. The summed E-state index contributed by atoms with van der Waals surface area (Å²) < 4.78 is 16.8. The molecule has 0 aliphatic carbocycles. The first-order valence-corrected chi connectivity index (χ1v) is 7.57. The van der Waals surface area contributed by atoms with Gasteiger partial charge in [0.05, 0.1) is 4.47 Å². The van der Waals surface area contributed by atoms with Gasteiger partial charge in [-0.25, -0.2) is 0 Å². The minimum atomic E-state index is 0.359. The molecule has 0 fully saturated rings. The third-order valence-electron chi connectivity index (χ3n) is 2.85. The Kier molecular flexibility index (Phi) is 6.22. The summed E-state index contributed by atoms with van der Waals surface area (Å²) in [5, 5.41) is 7.22. The van der Waals surface area contributed by atoms with E-state index in [4.69, 9.17) is 14.0 Å². The summed E-state index contributed by atoms with van der Waals surface area (Å²) in [5.74, 6) is 1.47. The lowest BCUT2D eigenvalue weighted by Gasteiger charge is -2.08. The lowest BCUT2D eigenvalue weighted by atomic mass is 10.2. The van der Waals surface area contributed by atoms with Crippen LogP contribution < -0.4 is 10.1 Å². The highest BCUT2D eigenvalue weighted by atomic mass is 79.9. The van der Waals surface area contributed by atoms with Gasteiger partial charge in [-0.3, -0.25) is 0 Å². The monoisotopic (exact) mass is 354 g/mol. The van der Waals surface area contributed by atoms with E-state index >= 15 is 0 Å². The van der Waals surface area contributed by atoms with Crippen LogP contribution in [0.25, 0.3) is 0 Å². The zero-order valence-electron chi connectivity index (χ0n) is 12.2. The summed E-state index contributed by atoms with van der Waals surface area (Å²) >= 11 is 3.53. The van der Waals surface area contributed by atoms with Crippen LogP contribution >= 0.6 is 15.9 Å². The first-order chi connectivity index (χ1) is 10.2. The van der Waals surface area contributed by atoms with Gasteiger partial charge in [-0.15, -0.1) is 0 Å². The van der Waals surface area contributed by atoms with Crippen molar-refractivity contribution in [3.8, 4) is 5.75 Å². The molecule has 1 aromatic heterocycles. The highest BCUT2D eigenvalue weighted by Crippen LogP contribution is 2.26. The molecule has 114 valence electrons.